The molecule has 0 aromatic rings. The van der Waals surface area contributed by atoms with Gasteiger partial charge in [-0.1, -0.05) is 6.92 Å². The van der Waals surface area contributed by atoms with E-state index in [0.717, 1.165) is 6.42 Å². The number of hydrogen-bond acceptors (Lipinski definition) is 4. The molecule has 0 aliphatic carbocycles. The molecule has 8 heteroatoms. The molecule has 1 aliphatic rings. The lowest BCUT2D eigenvalue weighted by atomic mass is 10.2. The van der Waals surface area contributed by atoms with Crippen LogP contribution < -0.4 is 4.72 Å². The van der Waals surface area contributed by atoms with E-state index in [2.05, 4.69) is 4.72 Å². The Morgan fingerprint density at radius 3 is 2.33 bits per heavy atom. The highest BCUT2D eigenvalue weighted by atomic mass is 32.2. The SMILES string of the molecule is CCCNS(=O)(=O)N1CCN(C(C)C(=O)O)CC1. The lowest BCUT2D eigenvalue weighted by Crippen LogP contribution is -2.55. The monoisotopic (exact) mass is 279 g/mol. The molecule has 18 heavy (non-hydrogen) atoms. The standard InChI is InChI=1S/C10H21N3O4S/c1-3-4-11-18(16,17)13-7-5-12(6-8-13)9(2)10(14)15/h9,11H,3-8H2,1-2H3,(H,14,15). The molecule has 0 spiro atoms. The Balaban J connectivity index is 2.51. The van der Waals surface area contributed by atoms with Gasteiger partial charge in [-0.15, -0.1) is 0 Å². The fourth-order valence-corrected chi connectivity index (χ4v) is 3.10. The highest BCUT2D eigenvalue weighted by Crippen LogP contribution is 2.09. The number of carboxylic acid groups (broad SMARTS) is 1. The number of nitrogens with zero attached hydrogens (tertiary/aromatic N) is 2. The minimum Gasteiger partial charge on any atom is -0.480 e. The van der Waals surface area contributed by atoms with E-state index in [1.807, 2.05) is 6.92 Å². The van der Waals surface area contributed by atoms with Crippen molar-refractivity contribution in [2.75, 3.05) is 32.7 Å². The van der Waals surface area contributed by atoms with Crippen LogP contribution in [-0.4, -0.2) is 67.5 Å². The van der Waals surface area contributed by atoms with Crippen LogP contribution in [0.3, 0.4) is 0 Å². The van der Waals surface area contributed by atoms with Gasteiger partial charge in [0, 0.05) is 32.7 Å². The molecule has 0 bridgehead atoms. The molecule has 0 amide bonds. The van der Waals surface area contributed by atoms with Crippen LogP contribution in [0, 0.1) is 0 Å². The van der Waals surface area contributed by atoms with Gasteiger partial charge in [-0.3, -0.25) is 9.69 Å². The Morgan fingerprint density at radius 1 is 1.33 bits per heavy atom. The second-order valence-electron chi connectivity index (χ2n) is 4.35. The number of carbonyl (C=O) groups is 1. The molecule has 0 saturated carbocycles. The van der Waals surface area contributed by atoms with Crippen molar-refractivity contribution in [2.24, 2.45) is 0 Å². The molecular weight excluding hydrogens is 258 g/mol. The van der Waals surface area contributed by atoms with Crippen LogP contribution in [0.4, 0.5) is 0 Å². The summed E-state index contributed by atoms with van der Waals surface area (Å²) in [6.07, 6.45) is 0.745. The fraction of sp³-hybridized carbons (Fsp3) is 0.900. The maximum Gasteiger partial charge on any atom is 0.320 e. The minimum atomic E-state index is -3.41. The Bertz CT molecular complexity index is 377. The van der Waals surface area contributed by atoms with E-state index in [9.17, 15) is 13.2 Å². The van der Waals surface area contributed by atoms with Gasteiger partial charge >= 0.3 is 5.97 Å². The number of carboxylic acids is 1. The van der Waals surface area contributed by atoms with Gasteiger partial charge in [-0.2, -0.15) is 12.7 Å². The van der Waals surface area contributed by atoms with Gasteiger partial charge in [0.2, 0.25) is 0 Å². The first kappa shape index (κ1) is 15.4. The van der Waals surface area contributed by atoms with E-state index >= 15 is 0 Å². The van der Waals surface area contributed by atoms with Crippen molar-refractivity contribution in [1.29, 1.82) is 0 Å². The summed E-state index contributed by atoms with van der Waals surface area (Å²) in [5.41, 5.74) is 0. The molecule has 1 atom stereocenters. The summed E-state index contributed by atoms with van der Waals surface area (Å²) in [7, 11) is -3.41. The maximum absolute atomic E-state index is 11.8. The van der Waals surface area contributed by atoms with Crippen LogP contribution in [0.1, 0.15) is 20.3 Å². The maximum atomic E-state index is 11.8. The molecule has 1 saturated heterocycles. The second kappa shape index (κ2) is 6.46. The number of nitrogens with one attached hydrogen (secondary N) is 1. The summed E-state index contributed by atoms with van der Waals surface area (Å²) in [6.45, 7) is 5.49. The normalized spacial score (nSPS) is 20.8. The van der Waals surface area contributed by atoms with Crippen LogP contribution in [0.2, 0.25) is 0 Å². The smallest absolute Gasteiger partial charge is 0.320 e. The number of hydrogen-bond donors (Lipinski definition) is 2. The lowest BCUT2D eigenvalue weighted by Gasteiger charge is -2.35. The largest absolute Gasteiger partial charge is 0.480 e. The summed E-state index contributed by atoms with van der Waals surface area (Å²) in [5, 5.41) is 8.89. The van der Waals surface area contributed by atoms with Crippen LogP contribution in [0.5, 0.6) is 0 Å². The zero-order chi connectivity index (χ0) is 13.8. The third-order valence-electron chi connectivity index (χ3n) is 3.05. The van der Waals surface area contributed by atoms with E-state index in [1.165, 1.54) is 4.31 Å². The van der Waals surface area contributed by atoms with E-state index < -0.39 is 22.2 Å². The second-order valence-corrected chi connectivity index (χ2v) is 6.10. The van der Waals surface area contributed by atoms with Crippen molar-refractivity contribution in [3.05, 3.63) is 0 Å². The first-order valence-electron chi connectivity index (χ1n) is 6.10. The summed E-state index contributed by atoms with van der Waals surface area (Å²) in [4.78, 5) is 12.6. The average Bonchev–Trinajstić information content (AvgIpc) is 2.35. The minimum absolute atomic E-state index is 0.330. The van der Waals surface area contributed by atoms with Crippen molar-refractivity contribution >= 4 is 16.2 Å². The average molecular weight is 279 g/mol. The van der Waals surface area contributed by atoms with Gasteiger partial charge in [0.1, 0.15) is 6.04 Å². The molecule has 0 radical (unpaired) electrons. The van der Waals surface area contributed by atoms with Crippen LogP contribution in [0.25, 0.3) is 0 Å². The van der Waals surface area contributed by atoms with Crippen molar-refractivity contribution in [2.45, 2.75) is 26.3 Å². The molecule has 1 fully saturated rings. The van der Waals surface area contributed by atoms with Crippen molar-refractivity contribution in [3.8, 4) is 0 Å². The number of rotatable bonds is 6. The Kier molecular flexibility index (Phi) is 5.51. The highest BCUT2D eigenvalue weighted by molar-refractivity contribution is 7.87. The molecule has 7 nitrogen and oxygen atoms in total. The zero-order valence-electron chi connectivity index (χ0n) is 10.8. The van der Waals surface area contributed by atoms with Gasteiger partial charge in [0.15, 0.2) is 0 Å². The molecular formula is C10H21N3O4S. The summed E-state index contributed by atoms with van der Waals surface area (Å²) >= 11 is 0. The van der Waals surface area contributed by atoms with Crippen molar-refractivity contribution in [1.82, 2.24) is 13.9 Å². The van der Waals surface area contributed by atoms with E-state index in [0.29, 0.717) is 32.7 Å². The molecule has 0 aromatic heterocycles. The van der Waals surface area contributed by atoms with Gasteiger partial charge in [-0.25, -0.2) is 4.72 Å². The highest BCUT2D eigenvalue weighted by Gasteiger charge is 2.30. The van der Waals surface area contributed by atoms with Gasteiger partial charge in [0.25, 0.3) is 10.2 Å². The summed E-state index contributed by atoms with van der Waals surface area (Å²) < 4.78 is 27.5. The van der Waals surface area contributed by atoms with Crippen LogP contribution >= 0.6 is 0 Å². The van der Waals surface area contributed by atoms with E-state index in [4.69, 9.17) is 5.11 Å². The third-order valence-corrected chi connectivity index (χ3v) is 4.67. The topological polar surface area (TPSA) is 90.0 Å². The molecule has 2 N–H and O–H groups in total. The molecule has 106 valence electrons. The summed E-state index contributed by atoms with van der Waals surface area (Å²) in [5.74, 6) is -0.879. The third kappa shape index (κ3) is 3.91. The predicted octanol–water partition coefficient (Wildman–Crippen LogP) is -0.678. The Labute approximate surface area is 108 Å². The molecule has 1 heterocycles. The van der Waals surface area contributed by atoms with Crippen molar-refractivity contribution in [3.63, 3.8) is 0 Å². The molecule has 1 rings (SSSR count). The van der Waals surface area contributed by atoms with Gasteiger partial charge < -0.3 is 5.11 Å². The van der Waals surface area contributed by atoms with E-state index in [-0.39, 0.29) is 0 Å². The predicted molar refractivity (Wildman–Crippen MR) is 67.5 cm³/mol. The quantitative estimate of drug-likeness (QED) is 0.672. The zero-order valence-corrected chi connectivity index (χ0v) is 11.6. The first-order valence-corrected chi connectivity index (χ1v) is 7.54. The molecule has 1 aliphatic heterocycles. The van der Waals surface area contributed by atoms with Gasteiger partial charge in [-0.05, 0) is 13.3 Å². The Hall–Kier alpha value is -0.700. The molecule has 0 aromatic carbocycles. The number of piperazine rings is 1. The van der Waals surface area contributed by atoms with Gasteiger partial charge in [0.05, 0.1) is 0 Å². The number of aliphatic carboxylic acids is 1. The van der Waals surface area contributed by atoms with Crippen LogP contribution in [0.15, 0.2) is 0 Å². The van der Waals surface area contributed by atoms with Crippen molar-refractivity contribution < 1.29 is 18.3 Å². The Morgan fingerprint density at radius 2 is 1.89 bits per heavy atom. The fourth-order valence-electron chi connectivity index (χ4n) is 1.81. The van der Waals surface area contributed by atoms with Crippen LogP contribution in [-0.2, 0) is 15.0 Å². The molecule has 1 unspecified atom stereocenters. The van der Waals surface area contributed by atoms with E-state index in [1.54, 1.807) is 11.8 Å². The first-order chi connectivity index (χ1) is 8.38. The summed E-state index contributed by atoms with van der Waals surface area (Å²) in [6, 6.07) is -0.571. The lowest BCUT2D eigenvalue weighted by molar-refractivity contribution is -0.143.